The first-order valence-corrected chi connectivity index (χ1v) is 7.76. The molecule has 1 aromatic rings. The van der Waals surface area contributed by atoms with Crippen molar-refractivity contribution in [1.29, 1.82) is 5.26 Å². The van der Waals surface area contributed by atoms with Gasteiger partial charge in [-0.05, 0) is 30.5 Å². The molecule has 0 unspecified atom stereocenters. The van der Waals surface area contributed by atoms with E-state index in [0.717, 1.165) is 0 Å². The minimum absolute atomic E-state index is 0.0390. The predicted molar refractivity (Wildman–Crippen MR) is 73.3 cm³/mol. The number of benzene rings is 1. The lowest BCUT2D eigenvalue weighted by molar-refractivity contribution is -0.137. The number of sulfonamides is 1. The number of carboxylic acid groups (broad SMARTS) is 1. The van der Waals surface area contributed by atoms with Crippen molar-refractivity contribution in [1.82, 2.24) is 4.72 Å². The van der Waals surface area contributed by atoms with Gasteiger partial charge < -0.3 is 5.11 Å². The molecule has 0 saturated carbocycles. The molecule has 0 atom stereocenters. The Morgan fingerprint density at radius 2 is 1.90 bits per heavy atom. The van der Waals surface area contributed by atoms with Crippen LogP contribution in [0.3, 0.4) is 0 Å². The predicted octanol–water partition coefficient (Wildman–Crippen LogP) is 1.23. The zero-order valence-electron chi connectivity index (χ0n) is 10.9. The van der Waals surface area contributed by atoms with Crippen LogP contribution in [0, 0.1) is 11.3 Å². The summed E-state index contributed by atoms with van der Waals surface area (Å²) in [6.07, 6.45) is 0.963. The Kier molecular flexibility index (Phi) is 6.15. The fraction of sp³-hybridized carbons (Fsp3) is 0.385. The van der Waals surface area contributed by atoms with Gasteiger partial charge in [-0.2, -0.15) is 5.26 Å². The first kappa shape index (κ1) is 16.1. The van der Waals surface area contributed by atoms with Gasteiger partial charge in [-0.3, -0.25) is 4.79 Å². The summed E-state index contributed by atoms with van der Waals surface area (Å²) in [7, 11) is -3.44. The Hall–Kier alpha value is -1.91. The molecule has 7 heteroatoms. The summed E-state index contributed by atoms with van der Waals surface area (Å²) >= 11 is 0. The average molecular weight is 296 g/mol. The molecule has 20 heavy (non-hydrogen) atoms. The van der Waals surface area contributed by atoms with Gasteiger partial charge in [-0.25, -0.2) is 13.1 Å². The SMILES string of the molecule is N#Cc1ccc(CS(=O)(=O)NCCCCC(=O)O)cc1. The van der Waals surface area contributed by atoms with Gasteiger partial charge in [0.05, 0.1) is 17.4 Å². The number of hydrogen-bond donors (Lipinski definition) is 2. The molecule has 6 nitrogen and oxygen atoms in total. The third-order valence-corrected chi connectivity index (χ3v) is 3.94. The van der Waals surface area contributed by atoms with Gasteiger partial charge >= 0.3 is 5.97 Å². The number of nitriles is 1. The summed E-state index contributed by atoms with van der Waals surface area (Å²) in [5, 5.41) is 17.1. The normalized spacial score (nSPS) is 10.9. The molecule has 0 amide bonds. The summed E-state index contributed by atoms with van der Waals surface area (Å²) < 4.78 is 25.9. The van der Waals surface area contributed by atoms with Crippen molar-refractivity contribution in [2.45, 2.75) is 25.0 Å². The van der Waals surface area contributed by atoms with Crippen LogP contribution in [0.4, 0.5) is 0 Å². The fourth-order valence-electron chi connectivity index (χ4n) is 1.57. The number of nitrogens with one attached hydrogen (secondary N) is 1. The summed E-state index contributed by atoms with van der Waals surface area (Å²) in [4.78, 5) is 10.3. The van der Waals surface area contributed by atoms with E-state index in [4.69, 9.17) is 10.4 Å². The van der Waals surface area contributed by atoms with Crippen molar-refractivity contribution in [3.63, 3.8) is 0 Å². The van der Waals surface area contributed by atoms with Crippen LogP contribution in [0.25, 0.3) is 0 Å². The van der Waals surface area contributed by atoms with Crippen LogP contribution >= 0.6 is 0 Å². The summed E-state index contributed by atoms with van der Waals surface area (Å²) in [5.41, 5.74) is 1.08. The van der Waals surface area contributed by atoms with Gasteiger partial charge in [0, 0.05) is 13.0 Å². The minimum Gasteiger partial charge on any atom is -0.481 e. The molecule has 0 saturated heterocycles. The molecule has 0 spiro atoms. The van der Waals surface area contributed by atoms with E-state index in [1.807, 2.05) is 6.07 Å². The fourth-order valence-corrected chi connectivity index (χ4v) is 2.76. The first-order valence-electron chi connectivity index (χ1n) is 6.11. The summed E-state index contributed by atoms with van der Waals surface area (Å²) in [5.74, 6) is -1.04. The number of unbranched alkanes of at least 4 members (excludes halogenated alkanes) is 1. The van der Waals surface area contributed by atoms with E-state index in [0.29, 0.717) is 24.0 Å². The van der Waals surface area contributed by atoms with Gasteiger partial charge in [-0.1, -0.05) is 12.1 Å². The minimum atomic E-state index is -3.44. The second-order valence-corrected chi connectivity index (χ2v) is 6.12. The Balaban J connectivity index is 2.41. The van der Waals surface area contributed by atoms with E-state index in [2.05, 4.69) is 4.72 Å². The molecule has 0 radical (unpaired) electrons. The average Bonchev–Trinajstić information content (AvgIpc) is 2.38. The molecule has 0 aliphatic heterocycles. The molecule has 1 aromatic carbocycles. The number of aliphatic carboxylic acids is 1. The van der Waals surface area contributed by atoms with E-state index >= 15 is 0 Å². The van der Waals surface area contributed by atoms with E-state index in [1.54, 1.807) is 24.3 Å². The second-order valence-electron chi connectivity index (χ2n) is 4.31. The zero-order valence-corrected chi connectivity index (χ0v) is 11.7. The van der Waals surface area contributed by atoms with Crippen LogP contribution in [0.15, 0.2) is 24.3 Å². The third kappa shape index (κ3) is 6.31. The number of nitrogens with zero attached hydrogens (tertiary/aromatic N) is 1. The topological polar surface area (TPSA) is 107 Å². The Morgan fingerprint density at radius 3 is 2.45 bits per heavy atom. The Bertz CT molecular complexity index is 588. The first-order chi connectivity index (χ1) is 9.43. The second kappa shape index (κ2) is 7.62. The standard InChI is InChI=1S/C13H16N2O4S/c14-9-11-4-6-12(7-5-11)10-20(18,19)15-8-2-1-3-13(16)17/h4-7,15H,1-3,8,10H2,(H,16,17). The van der Waals surface area contributed by atoms with Crippen molar-refractivity contribution in [2.75, 3.05) is 6.54 Å². The van der Waals surface area contributed by atoms with E-state index in [-0.39, 0.29) is 18.7 Å². The molecule has 0 aromatic heterocycles. The van der Waals surface area contributed by atoms with Crippen molar-refractivity contribution < 1.29 is 18.3 Å². The highest BCUT2D eigenvalue weighted by molar-refractivity contribution is 7.88. The molecule has 0 bridgehead atoms. The number of rotatable bonds is 8. The smallest absolute Gasteiger partial charge is 0.303 e. The molecular weight excluding hydrogens is 280 g/mol. The summed E-state index contributed by atoms with van der Waals surface area (Å²) in [6.45, 7) is 0.228. The van der Waals surface area contributed by atoms with Crippen LogP contribution in [-0.4, -0.2) is 26.0 Å². The van der Waals surface area contributed by atoms with Crippen molar-refractivity contribution >= 4 is 16.0 Å². The van der Waals surface area contributed by atoms with Crippen molar-refractivity contribution in [3.8, 4) is 6.07 Å². The maximum atomic E-state index is 11.8. The van der Waals surface area contributed by atoms with Crippen LogP contribution < -0.4 is 4.72 Å². The molecule has 2 N–H and O–H groups in total. The van der Waals surface area contributed by atoms with Gasteiger partial charge in [-0.15, -0.1) is 0 Å². The lowest BCUT2D eigenvalue weighted by Gasteiger charge is -2.06. The van der Waals surface area contributed by atoms with E-state index < -0.39 is 16.0 Å². The van der Waals surface area contributed by atoms with Gasteiger partial charge in [0.2, 0.25) is 10.0 Å². The van der Waals surface area contributed by atoms with Crippen LogP contribution in [0.2, 0.25) is 0 Å². The maximum absolute atomic E-state index is 11.8. The van der Waals surface area contributed by atoms with Crippen molar-refractivity contribution in [3.05, 3.63) is 35.4 Å². The highest BCUT2D eigenvalue weighted by atomic mass is 32.2. The number of carboxylic acids is 1. The maximum Gasteiger partial charge on any atom is 0.303 e. The van der Waals surface area contributed by atoms with Crippen LogP contribution in [0.1, 0.15) is 30.4 Å². The third-order valence-electron chi connectivity index (χ3n) is 2.58. The van der Waals surface area contributed by atoms with E-state index in [9.17, 15) is 13.2 Å². The molecule has 0 fully saturated rings. The number of carbonyl (C=O) groups is 1. The summed E-state index contributed by atoms with van der Waals surface area (Å²) in [6, 6.07) is 8.29. The van der Waals surface area contributed by atoms with Gasteiger partial charge in [0.25, 0.3) is 0 Å². The van der Waals surface area contributed by atoms with Crippen molar-refractivity contribution in [2.24, 2.45) is 0 Å². The van der Waals surface area contributed by atoms with Crippen LogP contribution in [-0.2, 0) is 20.6 Å². The molecule has 0 aliphatic rings. The quantitative estimate of drug-likeness (QED) is 0.702. The molecule has 108 valence electrons. The monoisotopic (exact) mass is 296 g/mol. The lowest BCUT2D eigenvalue weighted by Crippen LogP contribution is -2.26. The largest absolute Gasteiger partial charge is 0.481 e. The zero-order chi connectivity index (χ0) is 15.0. The molecule has 1 rings (SSSR count). The number of hydrogen-bond acceptors (Lipinski definition) is 4. The van der Waals surface area contributed by atoms with Gasteiger partial charge in [0.15, 0.2) is 0 Å². The van der Waals surface area contributed by atoms with Crippen LogP contribution in [0.5, 0.6) is 0 Å². The lowest BCUT2D eigenvalue weighted by atomic mass is 10.2. The van der Waals surface area contributed by atoms with Gasteiger partial charge in [0.1, 0.15) is 0 Å². The Labute approximate surface area is 118 Å². The highest BCUT2D eigenvalue weighted by Gasteiger charge is 2.10. The molecule has 0 aliphatic carbocycles. The molecule has 0 heterocycles. The van der Waals surface area contributed by atoms with E-state index in [1.165, 1.54) is 0 Å². The highest BCUT2D eigenvalue weighted by Crippen LogP contribution is 2.07. The Morgan fingerprint density at radius 1 is 1.25 bits per heavy atom. The molecular formula is C13H16N2O4S.